The number of methoxy groups -OCH3 is 1. The number of thioether (sulfide) groups is 1. The van der Waals surface area contributed by atoms with Gasteiger partial charge in [-0.05, 0) is 23.8 Å². The maximum Gasteiger partial charge on any atom is 0.234 e. The Balaban J connectivity index is 1.87. The summed E-state index contributed by atoms with van der Waals surface area (Å²) in [5.41, 5.74) is 1.55. The summed E-state index contributed by atoms with van der Waals surface area (Å²) in [7, 11) is 1.59. The van der Waals surface area contributed by atoms with Crippen molar-refractivity contribution in [2.45, 2.75) is 10.1 Å². The molecule has 0 fully saturated rings. The predicted molar refractivity (Wildman–Crippen MR) is 113 cm³/mol. The molecule has 0 saturated heterocycles. The predicted octanol–water partition coefficient (Wildman–Crippen LogP) is 5.26. The first-order valence-electron chi connectivity index (χ1n) is 9.07. The van der Waals surface area contributed by atoms with Crippen molar-refractivity contribution in [3.63, 3.8) is 0 Å². The number of aliphatic hydroxyl groups excluding tert-OH is 1. The highest BCUT2D eigenvalue weighted by molar-refractivity contribution is 7.99. The van der Waals surface area contributed by atoms with Crippen LogP contribution in [0.1, 0.15) is 26.7 Å². The Kier molecular flexibility index (Phi) is 5.23. The molecule has 1 atom stereocenters. The minimum Gasteiger partial charge on any atom is -0.507 e. The lowest BCUT2D eigenvalue weighted by atomic mass is 9.85. The van der Waals surface area contributed by atoms with E-state index in [0.717, 1.165) is 10.5 Å². The zero-order chi connectivity index (χ0) is 20.4. The van der Waals surface area contributed by atoms with Crippen molar-refractivity contribution in [3.05, 3.63) is 101 Å². The normalized spacial score (nSPS) is 14.5. The number of carbonyl (C=O) groups excluding carboxylic acids is 2. The van der Waals surface area contributed by atoms with Gasteiger partial charge in [0.25, 0.3) is 0 Å². The molecular formula is C24H18O4S. The molecule has 1 aliphatic carbocycles. The number of aliphatic hydroxyl groups is 1. The number of hydrogen-bond donors (Lipinski definition) is 1. The summed E-state index contributed by atoms with van der Waals surface area (Å²) in [4.78, 5) is 26.6. The molecule has 5 heteroatoms. The van der Waals surface area contributed by atoms with Crippen LogP contribution in [0.3, 0.4) is 0 Å². The van der Waals surface area contributed by atoms with Gasteiger partial charge in [0, 0.05) is 16.0 Å². The smallest absolute Gasteiger partial charge is 0.234 e. The first-order chi connectivity index (χ1) is 14.1. The summed E-state index contributed by atoms with van der Waals surface area (Å²) >= 11 is 1.39. The number of Topliss-reactive ketones (excluding diaryl/α,β-unsaturated/α-hetero) is 2. The third kappa shape index (κ3) is 3.57. The second-order valence-electron chi connectivity index (χ2n) is 6.55. The van der Waals surface area contributed by atoms with Crippen molar-refractivity contribution in [1.29, 1.82) is 0 Å². The van der Waals surface area contributed by atoms with E-state index in [1.54, 1.807) is 31.4 Å². The summed E-state index contributed by atoms with van der Waals surface area (Å²) in [6, 6.07) is 23.5. The van der Waals surface area contributed by atoms with Crippen molar-refractivity contribution in [2.75, 3.05) is 7.11 Å². The van der Waals surface area contributed by atoms with Gasteiger partial charge in [-0.25, -0.2) is 0 Å². The second-order valence-corrected chi connectivity index (χ2v) is 7.73. The number of ketones is 2. The molecule has 4 nitrogen and oxygen atoms in total. The van der Waals surface area contributed by atoms with Crippen molar-refractivity contribution in [1.82, 2.24) is 0 Å². The highest BCUT2D eigenvalue weighted by atomic mass is 32.2. The molecule has 3 aromatic rings. The van der Waals surface area contributed by atoms with Crippen LogP contribution >= 0.6 is 11.8 Å². The molecular weight excluding hydrogens is 384 g/mol. The number of ether oxygens (including phenoxy) is 1. The van der Waals surface area contributed by atoms with Crippen LogP contribution in [0.15, 0.2) is 89.3 Å². The molecule has 0 radical (unpaired) electrons. The summed E-state index contributed by atoms with van der Waals surface area (Å²) in [6.45, 7) is 0. The lowest BCUT2D eigenvalue weighted by molar-refractivity contribution is -0.112. The SMILES string of the molecule is COc1cccc(SC(C2=C(O)c3ccccc3C(=O)C2=O)c2ccccc2)c1. The van der Waals surface area contributed by atoms with Crippen molar-refractivity contribution >= 4 is 29.1 Å². The molecule has 1 aliphatic rings. The number of benzene rings is 3. The molecule has 0 spiro atoms. The molecule has 0 aromatic heterocycles. The lowest BCUT2D eigenvalue weighted by Gasteiger charge is -2.25. The standard InChI is InChI=1S/C24H18O4S/c1-28-16-10-7-11-17(14-16)29-24(15-8-3-2-4-9-15)20-21(25)18-12-5-6-13-19(18)22(26)23(20)27/h2-14,24-25H,1H3. The van der Waals surface area contributed by atoms with Gasteiger partial charge in [-0.1, -0.05) is 60.7 Å². The van der Waals surface area contributed by atoms with E-state index in [4.69, 9.17) is 4.74 Å². The van der Waals surface area contributed by atoms with Gasteiger partial charge in [0.1, 0.15) is 11.5 Å². The van der Waals surface area contributed by atoms with Gasteiger partial charge in [0.15, 0.2) is 0 Å². The molecule has 0 amide bonds. The first kappa shape index (κ1) is 19.0. The number of hydrogen-bond acceptors (Lipinski definition) is 5. The first-order valence-corrected chi connectivity index (χ1v) is 9.95. The fourth-order valence-electron chi connectivity index (χ4n) is 3.36. The Morgan fingerprint density at radius 2 is 1.52 bits per heavy atom. The average Bonchev–Trinajstić information content (AvgIpc) is 2.77. The number of rotatable bonds is 5. The molecule has 144 valence electrons. The molecule has 1 unspecified atom stereocenters. The second kappa shape index (κ2) is 7.97. The summed E-state index contributed by atoms with van der Waals surface area (Å²) < 4.78 is 5.30. The fourth-order valence-corrected chi connectivity index (χ4v) is 4.60. The minimum atomic E-state index is -0.676. The summed E-state index contributed by atoms with van der Waals surface area (Å²) in [5, 5.41) is 10.4. The van der Waals surface area contributed by atoms with Gasteiger partial charge in [-0.2, -0.15) is 0 Å². The molecule has 4 rings (SSSR count). The van der Waals surface area contributed by atoms with Crippen LogP contribution in [-0.4, -0.2) is 23.8 Å². The van der Waals surface area contributed by atoms with E-state index >= 15 is 0 Å². The van der Waals surface area contributed by atoms with Crippen LogP contribution in [0.2, 0.25) is 0 Å². The van der Waals surface area contributed by atoms with Gasteiger partial charge in [-0.3, -0.25) is 9.59 Å². The molecule has 0 saturated carbocycles. The van der Waals surface area contributed by atoms with Gasteiger partial charge < -0.3 is 9.84 Å². The maximum atomic E-state index is 13.0. The van der Waals surface area contributed by atoms with Crippen LogP contribution in [0.25, 0.3) is 5.76 Å². The van der Waals surface area contributed by atoms with E-state index in [9.17, 15) is 14.7 Å². The largest absolute Gasteiger partial charge is 0.507 e. The van der Waals surface area contributed by atoms with Crippen LogP contribution in [0.4, 0.5) is 0 Å². The van der Waals surface area contributed by atoms with Gasteiger partial charge in [0.05, 0.1) is 17.9 Å². The monoisotopic (exact) mass is 402 g/mol. The van der Waals surface area contributed by atoms with E-state index in [1.807, 2.05) is 54.6 Å². The average molecular weight is 402 g/mol. The van der Waals surface area contributed by atoms with E-state index in [-0.39, 0.29) is 16.9 Å². The van der Waals surface area contributed by atoms with Gasteiger partial charge >= 0.3 is 0 Å². The zero-order valence-corrected chi connectivity index (χ0v) is 16.5. The Hall–Kier alpha value is -3.31. The molecule has 0 heterocycles. The Labute approximate surface area is 172 Å². The number of carbonyl (C=O) groups is 2. The maximum absolute atomic E-state index is 13.0. The Bertz CT molecular complexity index is 1120. The third-order valence-corrected chi connectivity index (χ3v) is 6.06. The minimum absolute atomic E-state index is 0.104. The molecule has 29 heavy (non-hydrogen) atoms. The molecule has 0 bridgehead atoms. The van der Waals surface area contributed by atoms with Crippen LogP contribution in [-0.2, 0) is 4.79 Å². The highest BCUT2D eigenvalue weighted by Gasteiger charge is 2.37. The molecule has 3 aromatic carbocycles. The number of fused-ring (bicyclic) bond motifs is 1. The quantitative estimate of drug-likeness (QED) is 0.466. The van der Waals surface area contributed by atoms with E-state index in [1.165, 1.54) is 11.8 Å². The van der Waals surface area contributed by atoms with Gasteiger partial charge in [-0.15, -0.1) is 11.8 Å². The van der Waals surface area contributed by atoms with Gasteiger partial charge in [0.2, 0.25) is 11.6 Å². The third-order valence-electron chi connectivity index (χ3n) is 4.79. The summed E-state index contributed by atoms with van der Waals surface area (Å²) in [5.74, 6) is -0.725. The Morgan fingerprint density at radius 1 is 0.828 bits per heavy atom. The summed E-state index contributed by atoms with van der Waals surface area (Å²) in [6.07, 6.45) is 0. The molecule has 1 N–H and O–H groups in total. The van der Waals surface area contributed by atoms with E-state index in [2.05, 4.69) is 0 Å². The van der Waals surface area contributed by atoms with E-state index < -0.39 is 16.8 Å². The van der Waals surface area contributed by atoms with Crippen LogP contribution < -0.4 is 4.74 Å². The fraction of sp³-hybridized carbons (Fsp3) is 0.0833. The van der Waals surface area contributed by atoms with Crippen molar-refractivity contribution in [3.8, 4) is 5.75 Å². The topological polar surface area (TPSA) is 63.6 Å². The highest BCUT2D eigenvalue weighted by Crippen LogP contribution is 2.45. The van der Waals surface area contributed by atoms with Crippen LogP contribution in [0, 0.1) is 0 Å². The van der Waals surface area contributed by atoms with Crippen molar-refractivity contribution < 1.29 is 19.4 Å². The van der Waals surface area contributed by atoms with Crippen molar-refractivity contribution in [2.24, 2.45) is 0 Å². The van der Waals surface area contributed by atoms with E-state index in [0.29, 0.717) is 11.3 Å². The Morgan fingerprint density at radius 3 is 2.24 bits per heavy atom. The molecule has 0 aliphatic heterocycles. The lowest BCUT2D eigenvalue weighted by Crippen LogP contribution is -2.26. The van der Waals surface area contributed by atoms with Crippen LogP contribution in [0.5, 0.6) is 5.75 Å². The zero-order valence-electron chi connectivity index (χ0n) is 15.7.